The van der Waals surface area contributed by atoms with E-state index in [1.54, 1.807) is 29.5 Å². The van der Waals surface area contributed by atoms with Crippen LogP contribution in [0.2, 0.25) is 0 Å². The number of nitrogens with two attached hydrogens (primary N) is 1. The standard InChI is InChI=1S/C16H14FNOS/c17-14-3-1-2-4-15(14)19-10-13-8-12-7-11(9-18)5-6-16(12)20-13/h1-8H,9-10,18H2. The zero-order valence-corrected chi connectivity index (χ0v) is 11.6. The number of halogens is 1. The summed E-state index contributed by atoms with van der Waals surface area (Å²) in [5.41, 5.74) is 6.74. The van der Waals surface area contributed by atoms with Crippen LogP contribution < -0.4 is 10.5 Å². The number of fused-ring (bicyclic) bond motifs is 1. The van der Waals surface area contributed by atoms with Crippen LogP contribution in [0.5, 0.6) is 5.75 Å². The molecule has 0 radical (unpaired) electrons. The molecule has 2 N–H and O–H groups in total. The van der Waals surface area contributed by atoms with E-state index in [1.165, 1.54) is 10.8 Å². The molecule has 0 fully saturated rings. The van der Waals surface area contributed by atoms with Crippen LogP contribution in [0.3, 0.4) is 0 Å². The van der Waals surface area contributed by atoms with E-state index in [2.05, 4.69) is 18.2 Å². The van der Waals surface area contributed by atoms with E-state index in [9.17, 15) is 4.39 Å². The summed E-state index contributed by atoms with van der Waals surface area (Å²) >= 11 is 1.65. The Bertz CT molecular complexity index is 738. The minimum atomic E-state index is -0.334. The van der Waals surface area contributed by atoms with Crippen molar-refractivity contribution in [2.45, 2.75) is 13.2 Å². The molecule has 3 aromatic rings. The predicted octanol–water partition coefficient (Wildman–Crippen LogP) is 4.08. The van der Waals surface area contributed by atoms with Crippen LogP contribution in [0.4, 0.5) is 4.39 Å². The molecule has 2 aromatic carbocycles. The molecule has 2 nitrogen and oxygen atoms in total. The maximum Gasteiger partial charge on any atom is 0.165 e. The van der Waals surface area contributed by atoms with Gasteiger partial charge in [0.15, 0.2) is 11.6 Å². The topological polar surface area (TPSA) is 35.2 Å². The second kappa shape index (κ2) is 5.61. The van der Waals surface area contributed by atoms with Crippen molar-refractivity contribution in [3.05, 3.63) is 64.8 Å². The lowest BCUT2D eigenvalue weighted by atomic mass is 10.1. The minimum absolute atomic E-state index is 0.285. The summed E-state index contributed by atoms with van der Waals surface area (Å²) in [6.45, 7) is 0.908. The molecular weight excluding hydrogens is 273 g/mol. The molecule has 3 rings (SSSR count). The Labute approximate surface area is 120 Å². The van der Waals surface area contributed by atoms with Crippen molar-refractivity contribution in [3.8, 4) is 5.75 Å². The molecule has 0 aliphatic rings. The van der Waals surface area contributed by atoms with Crippen LogP contribution >= 0.6 is 11.3 Å². The summed E-state index contributed by atoms with van der Waals surface area (Å²) in [6, 6.07) is 14.7. The van der Waals surface area contributed by atoms with Crippen molar-refractivity contribution in [2.24, 2.45) is 5.73 Å². The average Bonchev–Trinajstić information content (AvgIpc) is 2.88. The first-order valence-corrected chi connectivity index (χ1v) is 7.16. The van der Waals surface area contributed by atoms with Crippen LogP contribution in [0, 0.1) is 5.82 Å². The summed E-state index contributed by atoms with van der Waals surface area (Å²) in [5.74, 6) is -0.0494. The molecule has 0 saturated carbocycles. The number of thiophene rings is 1. The second-order valence-electron chi connectivity index (χ2n) is 4.51. The highest BCUT2D eigenvalue weighted by molar-refractivity contribution is 7.19. The van der Waals surface area contributed by atoms with Gasteiger partial charge in [-0.05, 0) is 41.3 Å². The third-order valence-electron chi connectivity index (χ3n) is 3.07. The van der Waals surface area contributed by atoms with Crippen molar-refractivity contribution in [2.75, 3.05) is 0 Å². The molecule has 0 unspecified atom stereocenters. The summed E-state index contributed by atoms with van der Waals surface area (Å²) in [4.78, 5) is 1.07. The minimum Gasteiger partial charge on any atom is -0.485 e. The van der Waals surface area contributed by atoms with Gasteiger partial charge >= 0.3 is 0 Å². The van der Waals surface area contributed by atoms with Crippen LogP contribution in [0.15, 0.2) is 48.5 Å². The molecule has 0 atom stereocenters. The number of hydrogen-bond acceptors (Lipinski definition) is 3. The zero-order chi connectivity index (χ0) is 13.9. The third kappa shape index (κ3) is 2.66. The van der Waals surface area contributed by atoms with E-state index in [4.69, 9.17) is 10.5 Å². The fourth-order valence-corrected chi connectivity index (χ4v) is 3.01. The molecule has 0 bridgehead atoms. The van der Waals surface area contributed by atoms with E-state index in [-0.39, 0.29) is 11.6 Å². The number of benzene rings is 2. The highest BCUT2D eigenvalue weighted by Crippen LogP contribution is 2.28. The van der Waals surface area contributed by atoms with Crippen LogP contribution in [0.25, 0.3) is 10.1 Å². The second-order valence-corrected chi connectivity index (χ2v) is 5.68. The number of ether oxygens (including phenoxy) is 1. The Morgan fingerprint density at radius 2 is 1.95 bits per heavy atom. The number of hydrogen-bond donors (Lipinski definition) is 1. The Balaban J connectivity index is 1.79. The van der Waals surface area contributed by atoms with Crippen molar-refractivity contribution in [1.82, 2.24) is 0 Å². The summed E-state index contributed by atoms with van der Waals surface area (Å²) in [6.07, 6.45) is 0. The Morgan fingerprint density at radius 3 is 2.75 bits per heavy atom. The van der Waals surface area contributed by atoms with Gasteiger partial charge in [-0.25, -0.2) is 4.39 Å². The maximum atomic E-state index is 13.5. The lowest BCUT2D eigenvalue weighted by molar-refractivity contribution is 0.293. The lowest BCUT2D eigenvalue weighted by Gasteiger charge is -2.04. The van der Waals surface area contributed by atoms with Crippen LogP contribution in [-0.2, 0) is 13.2 Å². The highest BCUT2D eigenvalue weighted by Gasteiger charge is 2.06. The monoisotopic (exact) mass is 287 g/mol. The Morgan fingerprint density at radius 1 is 1.10 bits per heavy atom. The van der Waals surface area contributed by atoms with E-state index in [0.29, 0.717) is 13.2 Å². The average molecular weight is 287 g/mol. The van der Waals surface area contributed by atoms with Gasteiger partial charge in [0.05, 0.1) is 0 Å². The first kappa shape index (κ1) is 13.1. The Kier molecular flexibility index (Phi) is 3.67. The van der Waals surface area contributed by atoms with E-state index < -0.39 is 0 Å². The number of para-hydroxylation sites is 1. The predicted molar refractivity (Wildman–Crippen MR) is 80.4 cm³/mol. The third-order valence-corrected chi connectivity index (χ3v) is 4.16. The zero-order valence-electron chi connectivity index (χ0n) is 10.8. The first-order chi connectivity index (χ1) is 9.76. The van der Waals surface area contributed by atoms with Gasteiger partial charge in [0, 0.05) is 16.1 Å². The molecule has 0 spiro atoms. The quantitative estimate of drug-likeness (QED) is 0.784. The van der Waals surface area contributed by atoms with Crippen molar-refractivity contribution in [3.63, 3.8) is 0 Å². The van der Waals surface area contributed by atoms with Gasteiger partial charge in [0.2, 0.25) is 0 Å². The molecule has 1 aromatic heterocycles. The van der Waals surface area contributed by atoms with Crippen LogP contribution in [0.1, 0.15) is 10.4 Å². The van der Waals surface area contributed by atoms with Gasteiger partial charge in [0.1, 0.15) is 6.61 Å². The molecule has 1 heterocycles. The van der Waals surface area contributed by atoms with Crippen molar-refractivity contribution >= 4 is 21.4 Å². The van der Waals surface area contributed by atoms with Gasteiger partial charge in [0.25, 0.3) is 0 Å². The molecule has 102 valence electrons. The molecular formula is C16H14FNOS. The molecule has 20 heavy (non-hydrogen) atoms. The van der Waals surface area contributed by atoms with E-state index in [1.807, 2.05) is 6.07 Å². The molecule has 0 amide bonds. The van der Waals surface area contributed by atoms with E-state index in [0.717, 1.165) is 15.8 Å². The summed E-state index contributed by atoms with van der Waals surface area (Å²) < 4.78 is 20.2. The van der Waals surface area contributed by atoms with Gasteiger partial charge in [-0.2, -0.15) is 0 Å². The first-order valence-electron chi connectivity index (χ1n) is 6.35. The summed E-state index contributed by atoms with van der Waals surface area (Å²) in [7, 11) is 0. The fourth-order valence-electron chi connectivity index (χ4n) is 2.06. The normalized spacial score (nSPS) is 10.9. The molecule has 0 saturated heterocycles. The van der Waals surface area contributed by atoms with Gasteiger partial charge in [-0.15, -0.1) is 11.3 Å². The molecule has 4 heteroatoms. The van der Waals surface area contributed by atoms with Gasteiger partial charge in [-0.1, -0.05) is 18.2 Å². The Hall–Kier alpha value is -1.91. The molecule has 0 aliphatic carbocycles. The number of rotatable bonds is 4. The van der Waals surface area contributed by atoms with E-state index >= 15 is 0 Å². The maximum absolute atomic E-state index is 13.5. The van der Waals surface area contributed by atoms with Crippen LogP contribution in [-0.4, -0.2) is 0 Å². The largest absolute Gasteiger partial charge is 0.485 e. The van der Waals surface area contributed by atoms with Gasteiger partial charge in [-0.3, -0.25) is 0 Å². The molecule has 0 aliphatic heterocycles. The smallest absolute Gasteiger partial charge is 0.165 e. The van der Waals surface area contributed by atoms with Crippen molar-refractivity contribution < 1.29 is 9.13 Å². The lowest BCUT2D eigenvalue weighted by Crippen LogP contribution is -1.95. The fraction of sp³-hybridized carbons (Fsp3) is 0.125. The summed E-state index contributed by atoms with van der Waals surface area (Å²) in [5, 5.41) is 1.16. The highest BCUT2D eigenvalue weighted by atomic mass is 32.1. The van der Waals surface area contributed by atoms with Crippen molar-refractivity contribution in [1.29, 1.82) is 0 Å². The SMILES string of the molecule is NCc1ccc2sc(COc3ccccc3F)cc2c1. The van der Waals surface area contributed by atoms with Gasteiger partial charge < -0.3 is 10.5 Å².